The minimum absolute atomic E-state index is 0.153. The third kappa shape index (κ3) is 4.10. The Bertz CT molecular complexity index is 900. The molecule has 0 radical (unpaired) electrons. The highest BCUT2D eigenvalue weighted by molar-refractivity contribution is 6.35. The molecule has 1 aromatic heterocycles. The van der Waals surface area contributed by atoms with Gasteiger partial charge in [0, 0.05) is 24.0 Å². The van der Waals surface area contributed by atoms with E-state index < -0.39 is 0 Å². The number of hydrogen-bond acceptors (Lipinski definition) is 3. The molecule has 4 nitrogen and oxygen atoms in total. The first-order valence-electron chi connectivity index (χ1n) is 7.55. The highest BCUT2D eigenvalue weighted by Gasteiger charge is 2.14. The summed E-state index contributed by atoms with van der Waals surface area (Å²) >= 11 is 12.2. The van der Waals surface area contributed by atoms with Crippen molar-refractivity contribution in [3.63, 3.8) is 0 Å². The Morgan fingerprint density at radius 1 is 1.04 bits per heavy atom. The van der Waals surface area contributed by atoms with E-state index in [1.807, 2.05) is 30.3 Å². The predicted octanol–water partition coefficient (Wildman–Crippen LogP) is 5.41. The fourth-order valence-electron chi connectivity index (χ4n) is 2.34. The summed E-state index contributed by atoms with van der Waals surface area (Å²) in [5.41, 5.74) is 2.58. The second-order valence-electron chi connectivity index (χ2n) is 5.41. The zero-order chi connectivity index (χ0) is 17.8. The van der Waals surface area contributed by atoms with Crippen LogP contribution in [0.25, 0.3) is 0 Å². The highest BCUT2D eigenvalue weighted by Crippen LogP contribution is 2.28. The molecule has 0 saturated carbocycles. The lowest BCUT2D eigenvalue weighted by molar-refractivity contribution is 0.0992. The van der Waals surface area contributed by atoms with Gasteiger partial charge < -0.3 is 10.2 Å². The number of para-hydroxylation sites is 1. The lowest BCUT2D eigenvalue weighted by atomic mass is 10.2. The molecule has 0 aliphatic heterocycles. The molecule has 126 valence electrons. The number of nitrogens with zero attached hydrogens (tertiary/aromatic N) is 2. The van der Waals surface area contributed by atoms with Crippen molar-refractivity contribution in [2.75, 3.05) is 17.3 Å². The average molecular weight is 372 g/mol. The monoisotopic (exact) mass is 371 g/mol. The molecule has 3 aromatic rings. The lowest BCUT2D eigenvalue weighted by Gasteiger charge is -2.17. The topological polar surface area (TPSA) is 45.2 Å². The maximum Gasteiger partial charge on any atom is 0.259 e. The molecule has 1 heterocycles. The normalized spacial score (nSPS) is 10.4. The summed E-state index contributed by atoms with van der Waals surface area (Å²) in [4.78, 5) is 18.4. The van der Waals surface area contributed by atoms with Crippen molar-refractivity contribution in [1.29, 1.82) is 0 Å². The number of anilines is 3. The summed E-state index contributed by atoms with van der Waals surface area (Å²) < 4.78 is 0. The summed E-state index contributed by atoms with van der Waals surface area (Å²) in [7, 11) is 1.73. The van der Waals surface area contributed by atoms with Crippen LogP contribution in [0.15, 0.2) is 67.0 Å². The van der Waals surface area contributed by atoms with Crippen molar-refractivity contribution < 1.29 is 4.79 Å². The number of halogens is 2. The van der Waals surface area contributed by atoms with Gasteiger partial charge in [0.1, 0.15) is 0 Å². The van der Waals surface area contributed by atoms with Gasteiger partial charge >= 0.3 is 0 Å². The minimum Gasteiger partial charge on any atom is -0.353 e. The van der Waals surface area contributed by atoms with Gasteiger partial charge in [-0.1, -0.05) is 41.4 Å². The maximum absolute atomic E-state index is 12.7. The van der Waals surface area contributed by atoms with Crippen LogP contribution >= 0.6 is 23.2 Å². The van der Waals surface area contributed by atoms with E-state index in [0.29, 0.717) is 27.0 Å². The van der Waals surface area contributed by atoms with Gasteiger partial charge in [0.15, 0.2) is 0 Å². The Morgan fingerprint density at radius 3 is 2.56 bits per heavy atom. The van der Waals surface area contributed by atoms with Crippen LogP contribution in [-0.4, -0.2) is 17.9 Å². The van der Waals surface area contributed by atoms with E-state index in [4.69, 9.17) is 23.2 Å². The van der Waals surface area contributed by atoms with Crippen molar-refractivity contribution >= 4 is 46.2 Å². The van der Waals surface area contributed by atoms with Crippen molar-refractivity contribution in [3.8, 4) is 0 Å². The number of aromatic nitrogens is 1. The molecule has 0 bridgehead atoms. The van der Waals surface area contributed by atoms with Crippen molar-refractivity contribution in [2.45, 2.75) is 0 Å². The van der Waals surface area contributed by atoms with E-state index >= 15 is 0 Å². The van der Waals surface area contributed by atoms with E-state index in [1.54, 1.807) is 42.4 Å². The summed E-state index contributed by atoms with van der Waals surface area (Å²) in [6.45, 7) is 0. The fraction of sp³-hybridized carbons (Fsp3) is 0.0526. The molecular formula is C19H15Cl2N3O. The van der Waals surface area contributed by atoms with Gasteiger partial charge in [0.25, 0.3) is 5.91 Å². The smallest absolute Gasteiger partial charge is 0.259 e. The molecule has 6 heteroatoms. The first-order chi connectivity index (χ1) is 12.0. The Balaban J connectivity index is 1.84. The molecule has 0 fully saturated rings. The average Bonchev–Trinajstić information content (AvgIpc) is 2.64. The molecule has 1 N–H and O–H groups in total. The zero-order valence-corrected chi connectivity index (χ0v) is 14.9. The maximum atomic E-state index is 12.7. The lowest BCUT2D eigenvalue weighted by Crippen LogP contribution is -2.26. The minimum atomic E-state index is -0.153. The van der Waals surface area contributed by atoms with Crippen LogP contribution in [0.2, 0.25) is 10.0 Å². The van der Waals surface area contributed by atoms with Gasteiger partial charge in [-0.15, -0.1) is 0 Å². The standard InChI is InChI=1S/C19H15Cl2N3O/c1-24(16-5-3-2-4-6-16)19(25)13-9-15(12-22-11-13)23-18-10-14(20)7-8-17(18)21/h2-12,23H,1H3. The number of hydrogen-bond donors (Lipinski definition) is 1. The van der Waals surface area contributed by atoms with Crippen LogP contribution in [0, 0.1) is 0 Å². The van der Waals surface area contributed by atoms with Gasteiger partial charge in [-0.05, 0) is 36.4 Å². The molecule has 3 rings (SSSR count). The SMILES string of the molecule is CN(C(=O)c1cncc(Nc2cc(Cl)ccc2Cl)c1)c1ccccc1. The number of pyridine rings is 1. The molecule has 2 aromatic carbocycles. The molecule has 1 amide bonds. The Hall–Kier alpha value is -2.56. The number of benzene rings is 2. The Kier molecular flexibility index (Phi) is 5.22. The van der Waals surface area contributed by atoms with Crippen LogP contribution in [-0.2, 0) is 0 Å². The van der Waals surface area contributed by atoms with Gasteiger partial charge in [-0.25, -0.2) is 0 Å². The Labute approximate surface area is 156 Å². The van der Waals surface area contributed by atoms with E-state index in [-0.39, 0.29) is 5.91 Å². The largest absolute Gasteiger partial charge is 0.353 e. The van der Waals surface area contributed by atoms with Gasteiger partial charge in [-0.3, -0.25) is 9.78 Å². The van der Waals surface area contributed by atoms with E-state index in [2.05, 4.69) is 10.3 Å². The third-order valence-electron chi connectivity index (χ3n) is 3.64. The van der Waals surface area contributed by atoms with Gasteiger partial charge in [0.05, 0.1) is 28.2 Å². The summed E-state index contributed by atoms with van der Waals surface area (Å²) in [6, 6.07) is 16.3. The van der Waals surface area contributed by atoms with Crippen molar-refractivity contribution in [1.82, 2.24) is 4.98 Å². The molecule has 0 atom stereocenters. The van der Waals surface area contributed by atoms with Crippen molar-refractivity contribution in [2.24, 2.45) is 0 Å². The van der Waals surface area contributed by atoms with E-state index in [9.17, 15) is 4.79 Å². The van der Waals surface area contributed by atoms with Crippen LogP contribution < -0.4 is 10.2 Å². The fourth-order valence-corrected chi connectivity index (χ4v) is 2.67. The van der Waals surface area contributed by atoms with Crippen molar-refractivity contribution in [3.05, 3.63) is 82.6 Å². The quantitative estimate of drug-likeness (QED) is 0.666. The molecule has 0 unspecified atom stereocenters. The number of amides is 1. The Morgan fingerprint density at radius 2 is 1.80 bits per heavy atom. The predicted molar refractivity (Wildman–Crippen MR) is 103 cm³/mol. The summed E-state index contributed by atoms with van der Waals surface area (Å²) in [5.74, 6) is -0.153. The van der Waals surface area contributed by atoms with Crippen LogP contribution in [0.1, 0.15) is 10.4 Å². The van der Waals surface area contributed by atoms with Crippen LogP contribution in [0.5, 0.6) is 0 Å². The van der Waals surface area contributed by atoms with E-state index in [0.717, 1.165) is 5.69 Å². The highest BCUT2D eigenvalue weighted by atomic mass is 35.5. The molecule has 0 aliphatic rings. The second-order valence-corrected chi connectivity index (χ2v) is 6.25. The second kappa shape index (κ2) is 7.55. The number of carbonyl (C=O) groups is 1. The zero-order valence-electron chi connectivity index (χ0n) is 13.4. The van der Waals surface area contributed by atoms with Gasteiger partial charge in [0.2, 0.25) is 0 Å². The summed E-state index contributed by atoms with van der Waals surface area (Å²) in [6.07, 6.45) is 3.16. The number of rotatable bonds is 4. The molecular weight excluding hydrogens is 357 g/mol. The van der Waals surface area contributed by atoms with Crippen LogP contribution in [0.4, 0.5) is 17.1 Å². The third-order valence-corrected chi connectivity index (χ3v) is 4.21. The number of nitrogens with one attached hydrogen (secondary N) is 1. The molecule has 0 spiro atoms. The molecule has 25 heavy (non-hydrogen) atoms. The first-order valence-corrected chi connectivity index (χ1v) is 8.30. The first kappa shape index (κ1) is 17.3. The molecule has 0 saturated heterocycles. The summed E-state index contributed by atoms with van der Waals surface area (Å²) in [5, 5.41) is 4.23. The van der Waals surface area contributed by atoms with E-state index in [1.165, 1.54) is 6.20 Å². The van der Waals surface area contributed by atoms with Gasteiger partial charge in [-0.2, -0.15) is 0 Å². The number of carbonyl (C=O) groups excluding carboxylic acids is 1. The van der Waals surface area contributed by atoms with Crippen LogP contribution in [0.3, 0.4) is 0 Å². The molecule has 0 aliphatic carbocycles.